The minimum Gasteiger partial charge on any atom is -0.465 e. The topological polar surface area (TPSA) is 85.4 Å². The van der Waals surface area contributed by atoms with E-state index in [1.165, 1.54) is 154 Å². The molecule has 0 saturated heterocycles. The molecule has 0 aliphatic heterocycles. The van der Waals surface area contributed by atoms with Crippen LogP contribution in [0.15, 0.2) is 30.3 Å². The SMILES string of the molecule is CC.CCCCCCCCC(CCCCCC)COC(=O)CCCCCN(CCCCCC(=O)OCC(CCCCCC)CCCCCCCC)CCN(C)CCCCCC(=O)OCc1ccccc1. The standard InChI is InChI=1S/C60H110N2O6.C2H6/c1-6-10-14-18-20-28-40-55(38-26-16-12-8-3)52-66-59(64)45-33-24-36-48-62(51-50-61(5)47-35-23-32-44-58(63)68-54-57-42-30-22-31-43-57)49-37-25-34-46-60(65)67-53-56(39-27-17-13-9-4)41-29-21-19-15-11-7-2;1-2/h22,30-31,42-43,55-56H,6-21,23-29,32-41,44-54H2,1-5H3;1-2H3. The van der Waals surface area contributed by atoms with Gasteiger partial charge in [0.15, 0.2) is 0 Å². The number of carbonyl (C=O) groups is 3. The van der Waals surface area contributed by atoms with E-state index in [-0.39, 0.29) is 17.9 Å². The van der Waals surface area contributed by atoms with E-state index < -0.39 is 0 Å². The molecule has 0 amide bonds. The minimum absolute atomic E-state index is 0.0205. The lowest BCUT2D eigenvalue weighted by molar-refractivity contribution is -0.146. The summed E-state index contributed by atoms with van der Waals surface area (Å²) < 4.78 is 17.3. The molecule has 70 heavy (non-hydrogen) atoms. The van der Waals surface area contributed by atoms with Crippen LogP contribution in [0.4, 0.5) is 0 Å². The first-order chi connectivity index (χ1) is 34.3. The molecule has 0 fully saturated rings. The van der Waals surface area contributed by atoms with E-state index in [1.807, 2.05) is 44.2 Å². The fourth-order valence-electron chi connectivity index (χ4n) is 9.29. The number of hydrogen-bond donors (Lipinski definition) is 0. The van der Waals surface area contributed by atoms with Crippen molar-refractivity contribution in [2.75, 3.05) is 53.0 Å². The zero-order chi connectivity index (χ0) is 51.4. The molecular formula is C62H116N2O6. The van der Waals surface area contributed by atoms with Crippen molar-refractivity contribution < 1.29 is 28.6 Å². The average molecular weight is 986 g/mol. The van der Waals surface area contributed by atoms with Crippen LogP contribution in [0.25, 0.3) is 0 Å². The number of esters is 3. The number of hydrogen-bond acceptors (Lipinski definition) is 8. The van der Waals surface area contributed by atoms with E-state index >= 15 is 0 Å². The van der Waals surface area contributed by atoms with Gasteiger partial charge >= 0.3 is 17.9 Å². The molecule has 8 heteroatoms. The summed E-state index contributed by atoms with van der Waals surface area (Å²) in [7, 11) is 2.20. The second kappa shape index (κ2) is 52.9. The van der Waals surface area contributed by atoms with Gasteiger partial charge in [0, 0.05) is 32.4 Å². The lowest BCUT2D eigenvalue weighted by Crippen LogP contribution is -2.35. The van der Waals surface area contributed by atoms with Crippen LogP contribution in [-0.2, 0) is 35.2 Å². The number of likely N-dealkylation sites (N-methyl/N-ethyl adjacent to an activating group) is 1. The molecule has 0 saturated carbocycles. The van der Waals surface area contributed by atoms with Crippen molar-refractivity contribution in [3.05, 3.63) is 35.9 Å². The Morgan fingerprint density at radius 3 is 1.16 bits per heavy atom. The molecule has 2 atom stereocenters. The molecule has 0 aliphatic rings. The highest BCUT2D eigenvalue weighted by Crippen LogP contribution is 2.22. The maximum absolute atomic E-state index is 12.9. The van der Waals surface area contributed by atoms with Gasteiger partial charge in [-0.3, -0.25) is 14.4 Å². The van der Waals surface area contributed by atoms with Crippen molar-refractivity contribution in [1.82, 2.24) is 9.80 Å². The first-order valence-electron chi connectivity index (χ1n) is 30.2. The van der Waals surface area contributed by atoms with E-state index in [0.29, 0.717) is 50.9 Å². The Labute approximate surface area is 434 Å². The van der Waals surface area contributed by atoms with Crippen LogP contribution in [-0.4, -0.2) is 80.7 Å². The second-order valence-corrected chi connectivity index (χ2v) is 20.6. The summed E-state index contributed by atoms with van der Waals surface area (Å²) in [6, 6.07) is 9.86. The number of nitrogens with zero attached hydrogens (tertiary/aromatic N) is 2. The number of benzene rings is 1. The second-order valence-electron chi connectivity index (χ2n) is 20.6. The van der Waals surface area contributed by atoms with Gasteiger partial charge in [-0.2, -0.15) is 0 Å². The van der Waals surface area contributed by atoms with Gasteiger partial charge < -0.3 is 24.0 Å². The van der Waals surface area contributed by atoms with Gasteiger partial charge in [0.2, 0.25) is 0 Å². The van der Waals surface area contributed by atoms with Gasteiger partial charge in [-0.15, -0.1) is 0 Å². The van der Waals surface area contributed by atoms with Gasteiger partial charge in [-0.1, -0.05) is 220 Å². The largest absolute Gasteiger partial charge is 0.465 e. The molecule has 0 radical (unpaired) electrons. The molecule has 1 aromatic carbocycles. The van der Waals surface area contributed by atoms with Crippen LogP contribution in [0.3, 0.4) is 0 Å². The summed E-state index contributed by atoms with van der Waals surface area (Å²) in [6.07, 6.45) is 41.0. The third-order valence-corrected chi connectivity index (χ3v) is 14.0. The molecule has 0 aromatic heterocycles. The van der Waals surface area contributed by atoms with E-state index in [0.717, 1.165) is 96.1 Å². The lowest BCUT2D eigenvalue weighted by Gasteiger charge is -2.25. The Hall–Kier alpha value is -2.45. The quantitative estimate of drug-likeness (QED) is 0.0363. The predicted molar refractivity (Wildman–Crippen MR) is 299 cm³/mol. The Kier molecular flexibility index (Phi) is 51.0. The Balaban J connectivity index is 0.0000235. The molecule has 0 N–H and O–H groups in total. The van der Waals surface area contributed by atoms with Crippen molar-refractivity contribution >= 4 is 17.9 Å². The van der Waals surface area contributed by atoms with E-state index in [1.54, 1.807) is 0 Å². The minimum atomic E-state index is -0.118. The van der Waals surface area contributed by atoms with Crippen molar-refractivity contribution in [3.63, 3.8) is 0 Å². The number of rotatable bonds is 51. The third kappa shape index (κ3) is 45.4. The predicted octanol–water partition coefficient (Wildman–Crippen LogP) is 17.4. The van der Waals surface area contributed by atoms with E-state index in [2.05, 4.69) is 44.5 Å². The summed E-state index contributed by atoms with van der Waals surface area (Å²) in [5.41, 5.74) is 1.02. The highest BCUT2D eigenvalue weighted by atomic mass is 16.5. The van der Waals surface area contributed by atoms with Crippen molar-refractivity contribution in [1.29, 1.82) is 0 Å². The van der Waals surface area contributed by atoms with Crippen LogP contribution < -0.4 is 0 Å². The lowest BCUT2D eigenvalue weighted by atomic mass is 9.95. The zero-order valence-electron chi connectivity index (χ0n) is 47.5. The molecule has 0 spiro atoms. The van der Waals surface area contributed by atoms with Crippen LogP contribution in [0.5, 0.6) is 0 Å². The number of unbranched alkanes of at least 4 members (excludes halogenated alkanes) is 22. The molecule has 0 aliphatic carbocycles. The van der Waals surface area contributed by atoms with Gasteiger partial charge in [0.25, 0.3) is 0 Å². The van der Waals surface area contributed by atoms with Crippen LogP contribution in [0, 0.1) is 11.8 Å². The molecular weight excluding hydrogens is 869 g/mol. The summed E-state index contributed by atoms with van der Waals surface area (Å²) in [5.74, 6) is 0.851. The first-order valence-corrected chi connectivity index (χ1v) is 30.2. The van der Waals surface area contributed by atoms with Crippen LogP contribution in [0.2, 0.25) is 0 Å². The molecule has 0 bridgehead atoms. The fraction of sp³-hybridized carbons (Fsp3) is 0.855. The summed E-state index contributed by atoms with van der Waals surface area (Å²) >= 11 is 0. The maximum Gasteiger partial charge on any atom is 0.306 e. The first kappa shape index (κ1) is 67.5. The Bertz CT molecular complexity index is 1200. The monoisotopic (exact) mass is 985 g/mol. The molecule has 0 heterocycles. The van der Waals surface area contributed by atoms with Gasteiger partial charge in [-0.25, -0.2) is 0 Å². The molecule has 2 unspecified atom stereocenters. The van der Waals surface area contributed by atoms with Crippen molar-refractivity contribution in [2.45, 2.75) is 279 Å². The van der Waals surface area contributed by atoms with Gasteiger partial charge in [-0.05, 0) is 108 Å². The highest BCUT2D eigenvalue weighted by molar-refractivity contribution is 5.70. The van der Waals surface area contributed by atoms with Gasteiger partial charge in [0.05, 0.1) is 13.2 Å². The summed E-state index contributed by atoms with van der Waals surface area (Å²) in [4.78, 5) is 43.0. The third-order valence-electron chi connectivity index (χ3n) is 14.0. The normalized spacial score (nSPS) is 12.2. The van der Waals surface area contributed by atoms with Crippen LogP contribution >= 0.6 is 0 Å². The molecule has 1 aromatic rings. The summed E-state index contributed by atoms with van der Waals surface area (Å²) in [6.45, 7) is 19.7. The zero-order valence-corrected chi connectivity index (χ0v) is 47.5. The van der Waals surface area contributed by atoms with Crippen molar-refractivity contribution in [3.8, 4) is 0 Å². The molecule has 1 rings (SSSR count). The van der Waals surface area contributed by atoms with Crippen LogP contribution in [0.1, 0.15) is 278 Å². The number of ether oxygens (including phenoxy) is 3. The fourth-order valence-corrected chi connectivity index (χ4v) is 9.29. The van der Waals surface area contributed by atoms with E-state index in [9.17, 15) is 14.4 Å². The Morgan fingerprint density at radius 2 is 0.743 bits per heavy atom. The van der Waals surface area contributed by atoms with Crippen molar-refractivity contribution in [2.24, 2.45) is 11.8 Å². The summed E-state index contributed by atoms with van der Waals surface area (Å²) in [5, 5.41) is 0. The molecule has 8 nitrogen and oxygen atoms in total. The molecule has 410 valence electrons. The van der Waals surface area contributed by atoms with E-state index in [4.69, 9.17) is 14.2 Å². The Morgan fingerprint density at radius 1 is 0.400 bits per heavy atom. The average Bonchev–Trinajstić information content (AvgIpc) is 3.37. The highest BCUT2D eigenvalue weighted by Gasteiger charge is 2.15. The maximum atomic E-state index is 12.9. The smallest absolute Gasteiger partial charge is 0.306 e. The van der Waals surface area contributed by atoms with Gasteiger partial charge in [0.1, 0.15) is 6.61 Å². The number of carbonyl (C=O) groups excluding carboxylic acids is 3.